The first-order valence-electron chi connectivity index (χ1n) is 15.2. The van der Waals surface area contributed by atoms with E-state index in [4.69, 9.17) is 9.47 Å². The number of carbonyl (C=O) groups is 2. The Hall–Kier alpha value is -4.55. The minimum absolute atomic E-state index is 0.0295. The summed E-state index contributed by atoms with van der Waals surface area (Å²) in [5.41, 5.74) is 0.789. The molecule has 0 spiro atoms. The molecule has 1 aromatic heterocycles. The van der Waals surface area contributed by atoms with Crippen molar-refractivity contribution in [2.75, 3.05) is 13.7 Å². The number of aromatic nitrogens is 1. The number of aromatic carboxylic acids is 1. The van der Waals surface area contributed by atoms with Crippen LogP contribution in [-0.2, 0) is 17.1 Å². The number of benzene rings is 2. The van der Waals surface area contributed by atoms with Gasteiger partial charge < -0.3 is 14.6 Å². The van der Waals surface area contributed by atoms with Crippen molar-refractivity contribution in [3.05, 3.63) is 87.7 Å². The molecule has 0 radical (unpaired) electrons. The van der Waals surface area contributed by atoms with E-state index in [1.54, 1.807) is 19.1 Å². The van der Waals surface area contributed by atoms with Crippen LogP contribution in [0.3, 0.4) is 0 Å². The topological polar surface area (TPSA) is 89.0 Å². The molecule has 5 rings (SSSR count). The quantitative estimate of drug-likeness (QED) is 0.251. The number of halogens is 6. The Labute approximate surface area is 273 Å². The molecule has 1 saturated heterocycles. The maximum atomic E-state index is 13.6. The second-order valence-corrected chi connectivity index (χ2v) is 13.0. The number of cyclic esters (lactones) is 1. The average Bonchev–Trinajstić information content (AvgIpc) is 3.27. The lowest BCUT2D eigenvalue weighted by atomic mass is 9.72. The molecule has 2 aromatic carbocycles. The zero-order valence-corrected chi connectivity index (χ0v) is 26.8. The van der Waals surface area contributed by atoms with Crippen LogP contribution in [-0.4, -0.2) is 46.7 Å². The van der Waals surface area contributed by atoms with Crippen LogP contribution in [0.2, 0.25) is 0 Å². The summed E-state index contributed by atoms with van der Waals surface area (Å²) in [6.07, 6.45) is -8.90. The second-order valence-electron chi connectivity index (χ2n) is 13.0. The molecular weight excluding hydrogens is 642 g/mol. The van der Waals surface area contributed by atoms with Crippen molar-refractivity contribution in [1.29, 1.82) is 0 Å². The van der Waals surface area contributed by atoms with Crippen molar-refractivity contribution >= 4 is 17.6 Å². The number of carbonyl (C=O) groups excluding carboxylic acids is 1. The van der Waals surface area contributed by atoms with Crippen LogP contribution in [0.25, 0.3) is 16.7 Å². The van der Waals surface area contributed by atoms with Crippen LogP contribution in [0.1, 0.15) is 84.4 Å². The Morgan fingerprint density at radius 3 is 2.25 bits per heavy atom. The average molecular weight is 677 g/mol. The lowest BCUT2D eigenvalue weighted by Gasteiger charge is -2.36. The second kappa shape index (κ2) is 12.5. The summed E-state index contributed by atoms with van der Waals surface area (Å²) in [6, 6.07) is 7.57. The Balaban J connectivity index is 1.54. The molecule has 0 bridgehead atoms. The zero-order valence-electron chi connectivity index (χ0n) is 26.8. The number of alkyl halides is 6. The lowest BCUT2D eigenvalue weighted by Crippen LogP contribution is -2.35. The smallest absolute Gasteiger partial charge is 0.416 e. The number of carboxylic acid groups (broad SMARTS) is 1. The Morgan fingerprint density at radius 2 is 1.69 bits per heavy atom. The van der Waals surface area contributed by atoms with Crippen LogP contribution in [0, 0.1) is 12.3 Å². The highest BCUT2D eigenvalue weighted by Gasteiger charge is 2.44. The van der Waals surface area contributed by atoms with Gasteiger partial charge >= 0.3 is 24.4 Å². The van der Waals surface area contributed by atoms with Gasteiger partial charge in [-0.05, 0) is 103 Å². The molecule has 0 unspecified atom stereocenters. The van der Waals surface area contributed by atoms with Crippen molar-refractivity contribution in [2.45, 2.75) is 71.5 Å². The summed E-state index contributed by atoms with van der Waals surface area (Å²) in [6.45, 7) is 7.37. The van der Waals surface area contributed by atoms with Crippen molar-refractivity contribution < 1.29 is 50.5 Å². The molecule has 7 nitrogen and oxygen atoms in total. The highest BCUT2D eigenvalue weighted by molar-refractivity contribution is 5.88. The van der Waals surface area contributed by atoms with Crippen LogP contribution >= 0.6 is 0 Å². The maximum Gasteiger partial charge on any atom is 0.416 e. The summed E-state index contributed by atoms with van der Waals surface area (Å²) < 4.78 is 92.8. The molecule has 1 aliphatic heterocycles. The number of carboxylic acids is 1. The van der Waals surface area contributed by atoms with Crippen molar-refractivity contribution in [3.63, 3.8) is 0 Å². The molecule has 3 aromatic rings. The molecule has 2 heterocycles. The summed E-state index contributed by atoms with van der Waals surface area (Å²) in [5.74, 6) is -0.587. The number of aryl methyl sites for hydroxylation is 1. The third kappa shape index (κ3) is 7.00. The number of hydrogen-bond acceptors (Lipinski definition) is 5. The minimum Gasteiger partial charge on any atom is -0.496 e. The van der Waals surface area contributed by atoms with Gasteiger partial charge in [0.1, 0.15) is 11.9 Å². The third-order valence-electron chi connectivity index (χ3n) is 9.00. The third-order valence-corrected chi connectivity index (χ3v) is 9.00. The molecule has 1 amide bonds. The van der Waals surface area contributed by atoms with Gasteiger partial charge in [-0.15, -0.1) is 0 Å². The van der Waals surface area contributed by atoms with Gasteiger partial charge in [0.05, 0.1) is 24.3 Å². The number of hydrogen-bond donors (Lipinski definition) is 1. The van der Waals surface area contributed by atoms with Gasteiger partial charge in [-0.2, -0.15) is 26.3 Å². The fraction of sp³-hybridized carbons (Fsp3) is 0.400. The number of methoxy groups -OCH3 is 1. The van der Waals surface area contributed by atoms with Crippen LogP contribution in [0.4, 0.5) is 31.1 Å². The van der Waals surface area contributed by atoms with E-state index in [-0.39, 0.29) is 23.7 Å². The maximum absolute atomic E-state index is 13.6. The van der Waals surface area contributed by atoms with Crippen molar-refractivity contribution in [2.24, 2.45) is 5.41 Å². The van der Waals surface area contributed by atoms with E-state index in [9.17, 15) is 41.0 Å². The summed E-state index contributed by atoms with van der Waals surface area (Å²) in [7, 11) is 1.52. The zero-order chi connectivity index (χ0) is 35.3. The van der Waals surface area contributed by atoms with Gasteiger partial charge in [-0.3, -0.25) is 4.90 Å². The van der Waals surface area contributed by atoms with E-state index in [2.05, 4.69) is 18.8 Å². The largest absolute Gasteiger partial charge is 0.496 e. The van der Waals surface area contributed by atoms with Crippen molar-refractivity contribution in [3.8, 4) is 16.9 Å². The van der Waals surface area contributed by atoms with Gasteiger partial charge in [-0.25, -0.2) is 14.6 Å². The highest BCUT2D eigenvalue weighted by atomic mass is 19.4. The van der Waals surface area contributed by atoms with Crippen LogP contribution in [0.15, 0.2) is 54.2 Å². The molecule has 48 heavy (non-hydrogen) atoms. The number of rotatable bonds is 7. The first-order chi connectivity index (χ1) is 22.3. The minimum atomic E-state index is -5.05. The molecule has 1 fully saturated rings. The summed E-state index contributed by atoms with van der Waals surface area (Å²) in [4.78, 5) is 30.2. The van der Waals surface area contributed by atoms with E-state index in [0.29, 0.717) is 41.9 Å². The SMILES string of the molecule is COc1ccc(-c2cnc(C(=O)O)c(C)c2)cc1C1=C(CN2C(=O)O[C@H](c3cc(C(F)(F)F)cc(C(F)(F)F)c3)[C@@H]2C)CC(C)(C)CC1. The van der Waals surface area contributed by atoms with Gasteiger partial charge in [0, 0.05) is 23.9 Å². The van der Waals surface area contributed by atoms with E-state index in [1.165, 1.54) is 25.1 Å². The van der Waals surface area contributed by atoms with Gasteiger partial charge in [0.25, 0.3) is 0 Å². The molecule has 2 aliphatic rings. The lowest BCUT2D eigenvalue weighted by molar-refractivity contribution is -0.143. The molecule has 1 N–H and O–H groups in total. The van der Waals surface area contributed by atoms with Gasteiger partial charge in [0.2, 0.25) is 0 Å². The molecule has 256 valence electrons. The number of allylic oxidation sites excluding steroid dienone is 1. The summed E-state index contributed by atoms with van der Waals surface area (Å²) >= 11 is 0. The van der Waals surface area contributed by atoms with E-state index in [0.717, 1.165) is 28.7 Å². The molecule has 2 atom stereocenters. The first kappa shape index (κ1) is 34.8. The molecule has 1 aliphatic carbocycles. The number of pyridine rings is 1. The monoisotopic (exact) mass is 676 g/mol. The number of ether oxygens (including phenoxy) is 2. The Kier molecular flexibility index (Phi) is 9.04. The van der Waals surface area contributed by atoms with Crippen LogP contribution in [0.5, 0.6) is 5.75 Å². The van der Waals surface area contributed by atoms with E-state index < -0.39 is 53.3 Å². The van der Waals surface area contributed by atoms with E-state index in [1.807, 2.05) is 12.1 Å². The number of amides is 1. The predicted molar refractivity (Wildman–Crippen MR) is 164 cm³/mol. The Bertz CT molecular complexity index is 1760. The first-order valence-corrected chi connectivity index (χ1v) is 15.2. The Morgan fingerprint density at radius 1 is 1.04 bits per heavy atom. The van der Waals surface area contributed by atoms with Crippen LogP contribution < -0.4 is 4.74 Å². The molecule has 0 saturated carbocycles. The fourth-order valence-corrected chi connectivity index (χ4v) is 6.48. The van der Waals surface area contributed by atoms with Gasteiger partial charge in [0.15, 0.2) is 5.69 Å². The standard InChI is InChI=1S/C35H34F6N2O5/c1-18-10-22(16-42-29(18)31(44)45)20-6-7-28(47-5)27(13-20)26-8-9-33(3,4)15-23(26)17-43-19(2)30(48-32(43)46)21-11-24(34(36,37)38)14-25(12-21)35(39,40)41/h6-7,10-14,16,19,30H,8-9,15,17H2,1-5H3,(H,44,45)/t19-,30-/m0/s1. The van der Waals surface area contributed by atoms with Gasteiger partial charge in [-0.1, -0.05) is 19.9 Å². The molecular formula is C35H34F6N2O5. The normalized spacial score (nSPS) is 19.8. The fourth-order valence-electron chi connectivity index (χ4n) is 6.48. The highest BCUT2D eigenvalue weighted by Crippen LogP contribution is 2.47. The van der Waals surface area contributed by atoms with E-state index >= 15 is 0 Å². The van der Waals surface area contributed by atoms with Crippen molar-refractivity contribution in [1.82, 2.24) is 9.88 Å². The summed E-state index contributed by atoms with van der Waals surface area (Å²) in [5, 5.41) is 9.39. The molecule has 13 heteroatoms. The predicted octanol–water partition coefficient (Wildman–Crippen LogP) is 9.35. The number of nitrogens with zero attached hydrogens (tertiary/aromatic N) is 2.